The molecule has 16 heteroatoms. The van der Waals surface area contributed by atoms with Gasteiger partial charge in [0.05, 0.1) is 5.56 Å². The maximum absolute atomic E-state index is 13.4. The van der Waals surface area contributed by atoms with Gasteiger partial charge in [0, 0.05) is 78.0 Å². The largest absolute Gasteiger partial charge is 0.435 e. The highest BCUT2D eigenvalue weighted by Crippen LogP contribution is 2.33. The number of halogens is 4. The standard InChI is InChI=1S/C27H31BrF3N9O3/c1-2-21-19(22(38-37-21)27(29,30)31)11-17-13-33-23(34-17)24(41)35-15-3-4-18(20(28)12-15)25(42)39-5-7-40(8-6-39)26(43)36-16-9-14(32)10-16/h3-4,12-14,16H,2,5-11,32H2,1H3,(H,33,34)(H,35,41)(H,36,43)(H,37,38). The summed E-state index contributed by atoms with van der Waals surface area (Å²) in [6.45, 7) is 3.29. The topological polar surface area (TPSA) is 165 Å². The molecule has 0 radical (unpaired) electrons. The number of carbonyl (C=O) groups excluding carboxylic acids is 3. The van der Waals surface area contributed by atoms with Crippen LogP contribution >= 0.6 is 15.9 Å². The number of aryl methyl sites for hydroxylation is 1. The number of urea groups is 1. The molecule has 5 rings (SSSR count). The van der Waals surface area contributed by atoms with Crippen molar-refractivity contribution in [1.29, 1.82) is 0 Å². The van der Waals surface area contributed by atoms with Gasteiger partial charge in [-0.3, -0.25) is 14.7 Å². The van der Waals surface area contributed by atoms with Crippen LogP contribution in [-0.4, -0.2) is 86.1 Å². The Morgan fingerprint density at radius 1 is 1.14 bits per heavy atom. The lowest BCUT2D eigenvalue weighted by molar-refractivity contribution is -0.141. The van der Waals surface area contributed by atoms with E-state index in [4.69, 9.17) is 5.73 Å². The predicted octanol–water partition coefficient (Wildman–Crippen LogP) is 3.28. The lowest BCUT2D eigenvalue weighted by Gasteiger charge is -2.38. The normalized spacial score (nSPS) is 18.7. The van der Waals surface area contributed by atoms with E-state index in [0.717, 1.165) is 12.8 Å². The van der Waals surface area contributed by atoms with Gasteiger partial charge < -0.3 is 31.2 Å². The summed E-state index contributed by atoms with van der Waals surface area (Å²) in [6.07, 6.45) is -1.56. The second kappa shape index (κ2) is 12.4. The summed E-state index contributed by atoms with van der Waals surface area (Å²) in [4.78, 5) is 48.6. The molecule has 230 valence electrons. The van der Waals surface area contributed by atoms with Crippen LogP contribution in [0.25, 0.3) is 0 Å². The SMILES string of the molecule is CCc1[nH]nc(C(F)(F)F)c1Cc1cnc(C(=O)Nc2ccc(C(=O)N3CCN(C(=O)NC4CC(N)C4)CC3)c(Br)c2)[nH]1. The lowest BCUT2D eigenvalue weighted by atomic mass is 9.88. The summed E-state index contributed by atoms with van der Waals surface area (Å²) in [7, 11) is 0. The molecule has 0 bridgehead atoms. The third kappa shape index (κ3) is 6.85. The molecule has 0 unspecified atom stereocenters. The van der Waals surface area contributed by atoms with E-state index in [2.05, 4.69) is 46.7 Å². The Balaban J connectivity index is 1.16. The number of piperazine rings is 1. The van der Waals surface area contributed by atoms with Gasteiger partial charge in [0.2, 0.25) is 0 Å². The van der Waals surface area contributed by atoms with Crippen molar-refractivity contribution in [3.63, 3.8) is 0 Å². The molecule has 2 aromatic heterocycles. The number of anilines is 1. The van der Waals surface area contributed by atoms with Crippen LogP contribution in [0.5, 0.6) is 0 Å². The van der Waals surface area contributed by atoms with Crippen molar-refractivity contribution >= 4 is 39.5 Å². The Kier molecular flexibility index (Phi) is 8.78. The van der Waals surface area contributed by atoms with Gasteiger partial charge in [0.15, 0.2) is 11.5 Å². The lowest BCUT2D eigenvalue weighted by Crippen LogP contribution is -2.57. The number of hydrogen-bond donors (Lipinski definition) is 5. The first-order valence-corrected chi connectivity index (χ1v) is 14.6. The maximum atomic E-state index is 13.4. The molecule has 6 N–H and O–H groups in total. The van der Waals surface area contributed by atoms with Crippen LogP contribution in [0, 0.1) is 0 Å². The van der Waals surface area contributed by atoms with Crippen molar-refractivity contribution in [2.45, 2.75) is 50.9 Å². The molecule has 12 nitrogen and oxygen atoms in total. The fourth-order valence-electron chi connectivity index (χ4n) is 5.16. The molecule has 1 saturated heterocycles. The van der Waals surface area contributed by atoms with Crippen LogP contribution < -0.4 is 16.4 Å². The Morgan fingerprint density at radius 2 is 1.84 bits per heavy atom. The van der Waals surface area contributed by atoms with Crippen molar-refractivity contribution in [2.75, 3.05) is 31.5 Å². The summed E-state index contributed by atoms with van der Waals surface area (Å²) >= 11 is 3.41. The van der Waals surface area contributed by atoms with Crippen molar-refractivity contribution in [2.24, 2.45) is 5.73 Å². The van der Waals surface area contributed by atoms with Crippen LogP contribution in [0.2, 0.25) is 0 Å². The van der Waals surface area contributed by atoms with Gasteiger partial charge in [0.25, 0.3) is 11.8 Å². The van der Waals surface area contributed by atoms with E-state index >= 15 is 0 Å². The monoisotopic (exact) mass is 665 g/mol. The fourth-order valence-corrected chi connectivity index (χ4v) is 5.71. The minimum atomic E-state index is -4.62. The average Bonchev–Trinajstić information content (AvgIpc) is 3.59. The Morgan fingerprint density at radius 3 is 2.47 bits per heavy atom. The minimum Gasteiger partial charge on any atom is -0.337 e. The molecule has 3 aromatic rings. The van der Waals surface area contributed by atoms with Gasteiger partial charge in [-0.1, -0.05) is 6.92 Å². The highest BCUT2D eigenvalue weighted by molar-refractivity contribution is 9.10. The van der Waals surface area contributed by atoms with Crippen LogP contribution in [0.15, 0.2) is 28.9 Å². The molecule has 3 heterocycles. The number of aromatic amines is 2. The fraction of sp³-hybridized carbons (Fsp3) is 0.444. The van der Waals surface area contributed by atoms with Gasteiger partial charge in [0.1, 0.15) is 0 Å². The van der Waals surface area contributed by atoms with E-state index in [1.54, 1.807) is 34.9 Å². The first-order chi connectivity index (χ1) is 20.4. The predicted molar refractivity (Wildman–Crippen MR) is 153 cm³/mol. The van der Waals surface area contributed by atoms with Gasteiger partial charge in [-0.25, -0.2) is 9.78 Å². The summed E-state index contributed by atoms with van der Waals surface area (Å²) in [5, 5.41) is 11.5. The van der Waals surface area contributed by atoms with E-state index < -0.39 is 17.8 Å². The number of nitrogens with two attached hydrogens (primary N) is 1. The van der Waals surface area contributed by atoms with E-state index in [-0.39, 0.29) is 41.8 Å². The average molecular weight is 667 g/mol. The minimum absolute atomic E-state index is 0.00154. The number of benzene rings is 1. The molecule has 1 aliphatic carbocycles. The van der Waals surface area contributed by atoms with Crippen LogP contribution in [0.1, 0.15) is 63.4 Å². The van der Waals surface area contributed by atoms with Crippen LogP contribution in [0.4, 0.5) is 23.7 Å². The molecule has 0 spiro atoms. The molecule has 0 atom stereocenters. The molecule has 43 heavy (non-hydrogen) atoms. The third-order valence-electron chi connectivity index (χ3n) is 7.60. The van der Waals surface area contributed by atoms with E-state index in [1.165, 1.54) is 6.20 Å². The number of alkyl halides is 3. The number of nitrogens with zero attached hydrogens (tertiary/aromatic N) is 4. The zero-order valence-corrected chi connectivity index (χ0v) is 24.8. The first kappa shape index (κ1) is 30.5. The summed E-state index contributed by atoms with van der Waals surface area (Å²) in [5.74, 6) is -0.896. The number of imidazole rings is 1. The molecule has 1 saturated carbocycles. The molecule has 1 aliphatic heterocycles. The third-order valence-corrected chi connectivity index (χ3v) is 8.26. The number of rotatable bonds is 7. The van der Waals surface area contributed by atoms with E-state index in [0.29, 0.717) is 59.7 Å². The zero-order chi connectivity index (χ0) is 30.9. The summed E-state index contributed by atoms with van der Waals surface area (Å²) < 4.78 is 40.6. The van der Waals surface area contributed by atoms with Crippen molar-refractivity contribution < 1.29 is 27.6 Å². The number of hydrogen-bond acceptors (Lipinski definition) is 6. The smallest absolute Gasteiger partial charge is 0.337 e. The summed E-state index contributed by atoms with van der Waals surface area (Å²) in [6, 6.07) is 4.83. The number of aromatic nitrogens is 4. The molecule has 4 amide bonds. The Bertz CT molecular complexity index is 1510. The number of nitrogens with one attached hydrogen (secondary N) is 4. The first-order valence-electron chi connectivity index (χ1n) is 13.8. The molecule has 1 aromatic carbocycles. The van der Waals surface area contributed by atoms with Crippen LogP contribution in [0.3, 0.4) is 0 Å². The van der Waals surface area contributed by atoms with Crippen LogP contribution in [-0.2, 0) is 19.0 Å². The number of amides is 4. The van der Waals surface area contributed by atoms with Gasteiger partial charge in [-0.05, 0) is 53.4 Å². The highest BCUT2D eigenvalue weighted by atomic mass is 79.9. The van der Waals surface area contributed by atoms with Gasteiger partial charge >= 0.3 is 12.2 Å². The van der Waals surface area contributed by atoms with Crippen molar-refractivity contribution in [3.05, 3.63) is 62.9 Å². The molecular weight excluding hydrogens is 635 g/mol. The zero-order valence-electron chi connectivity index (χ0n) is 23.2. The quantitative estimate of drug-likeness (QED) is 0.260. The van der Waals surface area contributed by atoms with Crippen molar-refractivity contribution in [3.8, 4) is 0 Å². The van der Waals surface area contributed by atoms with E-state index in [9.17, 15) is 27.6 Å². The van der Waals surface area contributed by atoms with Gasteiger partial charge in [-0.2, -0.15) is 18.3 Å². The Labute approximate surface area is 253 Å². The van der Waals surface area contributed by atoms with E-state index in [1.807, 2.05) is 0 Å². The number of H-pyrrole nitrogens is 2. The molecular formula is C27H31BrF3N9O3. The Hall–Kier alpha value is -3.92. The molecule has 2 aliphatic rings. The molecule has 2 fully saturated rings. The second-order valence-electron chi connectivity index (χ2n) is 10.6. The summed E-state index contributed by atoms with van der Waals surface area (Å²) in [5.41, 5.74) is 6.23. The van der Waals surface area contributed by atoms with Crippen molar-refractivity contribution in [1.82, 2.24) is 35.3 Å². The maximum Gasteiger partial charge on any atom is 0.435 e. The van der Waals surface area contributed by atoms with Gasteiger partial charge in [-0.15, -0.1) is 0 Å². The number of carbonyl (C=O) groups is 3. The second-order valence-corrected chi connectivity index (χ2v) is 11.5. The highest BCUT2D eigenvalue weighted by Gasteiger charge is 2.38.